The van der Waals surface area contributed by atoms with Crippen molar-refractivity contribution in [2.45, 2.75) is 393 Å². The number of carbonyl (C=O) groups is 4. The summed E-state index contributed by atoms with van der Waals surface area (Å²) in [5.41, 5.74) is 0. The van der Waals surface area contributed by atoms with Crippen molar-refractivity contribution in [2.24, 2.45) is 0 Å². The molecule has 0 saturated heterocycles. The first-order valence-corrected chi connectivity index (χ1v) is 42.9. The molecule has 0 spiro atoms. The van der Waals surface area contributed by atoms with Gasteiger partial charge < -0.3 is 33.8 Å². The second-order valence-corrected chi connectivity index (χ2v) is 29.9. The zero-order valence-corrected chi connectivity index (χ0v) is 64.5. The highest BCUT2D eigenvalue weighted by molar-refractivity contribution is 7.47. The Morgan fingerprint density at radius 2 is 0.500 bits per heavy atom. The van der Waals surface area contributed by atoms with Gasteiger partial charge in [0.2, 0.25) is 0 Å². The Kier molecular flexibility index (Phi) is 70.2. The minimum absolute atomic E-state index is 0.0822. The molecule has 0 rings (SSSR count). The van der Waals surface area contributed by atoms with Crippen LogP contribution >= 0.6 is 15.6 Å². The maximum atomic E-state index is 13.1. The minimum Gasteiger partial charge on any atom is -0.462 e. The average Bonchev–Trinajstić information content (AvgIpc) is 0.984. The number of aliphatic hydroxyl groups excluding tert-OH is 1. The highest BCUT2D eigenvalue weighted by Gasteiger charge is 2.30. The van der Waals surface area contributed by atoms with Gasteiger partial charge >= 0.3 is 39.5 Å². The van der Waals surface area contributed by atoms with E-state index in [-0.39, 0.29) is 25.7 Å². The first-order valence-electron chi connectivity index (χ1n) is 39.9. The van der Waals surface area contributed by atoms with Gasteiger partial charge in [0.1, 0.15) is 19.3 Å². The van der Waals surface area contributed by atoms with E-state index in [4.69, 9.17) is 37.0 Å². The summed E-state index contributed by atoms with van der Waals surface area (Å²) in [7, 11) is -9.94. The predicted octanol–water partition coefficient (Wildman–Crippen LogP) is 22.9. The fourth-order valence-electron chi connectivity index (χ4n) is 11.1. The van der Waals surface area contributed by atoms with Crippen LogP contribution in [0, 0.1) is 0 Å². The second-order valence-electron chi connectivity index (χ2n) is 27.0. The number of aliphatic hydroxyl groups is 1. The molecule has 98 heavy (non-hydrogen) atoms. The third-order valence-corrected chi connectivity index (χ3v) is 19.2. The molecule has 0 bridgehead atoms. The summed E-state index contributed by atoms with van der Waals surface area (Å²) in [6.45, 7) is 4.88. The van der Waals surface area contributed by atoms with Gasteiger partial charge in [0.15, 0.2) is 12.2 Å². The predicted molar refractivity (Wildman–Crippen MR) is 400 cm³/mol. The van der Waals surface area contributed by atoms with Crippen LogP contribution in [-0.4, -0.2) is 96.7 Å². The number of phosphoric acid groups is 2. The summed E-state index contributed by atoms with van der Waals surface area (Å²) in [5, 5.41) is 10.6. The Labute approximate surface area is 597 Å². The molecule has 0 radical (unpaired) electrons. The fraction of sp³-hybridized carbons (Fsp3) is 0.848. The van der Waals surface area contributed by atoms with Gasteiger partial charge in [0, 0.05) is 25.7 Å². The normalized spacial score (nSPS) is 14.2. The first-order chi connectivity index (χ1) is 47.7. The van der Waals surface area contributed by atoms with E-state index < -0.39 is 97.5 Å². The first kappa shape index (κ1) is 95.0. The van der Waals surface area contributed by atoms with E-state index >= 15 is 0 Å². The van der Waals surface area contributed by atoms with E-state index in [0.29, 0.717) is 25.7 Å². The monoisotopic (exact) mass is 1430 g/mol. The molecule has 2 unspecified atom stereocenters. The van der Waals surface area contributed by atoms with Crippen molar-refractivity contribution < 1.29 is 80.2 Å². The van der Waals surface area contributed by atoms with Crippen LogP contribution in [0.25, 0.3) is 0 Å². The lowest BCUT2D eigenvalue weighted by molar-refractivity contribution is -0.161. The fourth-order valence-corrected chi connectivity index (χ4v) is 12.7. The molecule has 0 heterocycles. The summed E-state index contributed by atoms with van der Waals surface area (Å²) >= 11 is 0. The minimum atomic E-state index is -4.97. The maximum Gasteiger partial charge on any atom is 0.472 e. The van der Waals surface area contributed by atoms with E-state index in [1.807, 2.05) is 0 Å². The molecule has 574 valence electrons. The third kappa shape index (κ3) is 71.4. The molecule has 0 saturated carbocycles. The van der Waals surface area contributed by atoms with Crippen LogP contribution in [0.15, 0.2) is 48.6 Å². The van der Waals surface area contributed by atoms with Crippen molar-refractivity contribution in [1.29, 1.82) is 0 Å². The summed E-state index contributed by atoms with van der Waals surface area (Å²) < 4.78 is 68.6. The van der Waals surface area contributed by atoms with E-state index in [1.165, 1.54) is 148 Å². The van der Waals surface area contributed by atoms with E-state index in [0.717, 1.165) is 148 Å². The second kappa shape index (κ2) is 72.4. The SMILES string of the molecule is CCCCC/C=C\C/C=C\CCCCCCCC(=O)O[C@H](COC(=O)CCCCCCC/C=C\CCCCCCCC)COP(=O)(O)OC[C@@H](O)COP(=O)(O)OC[C@@H](COC(=O)CCCCCCC/C=C\CCCCCCCC)OC(=O)CCCCCCCCCCCCCCC. The lowest BCUT2D eigenvalue weighted by atomic mass is 10.0. The molecule has 17 nitrogen and oxygen atoms in total. The summed E-state index contributed by atoms with van der Waals surface area (Å²) in [5.74, 6) is -2.17. The number of esters is 4. The molecule has 0 aromatic rings. The van der Waals surface area contributed by atoms with Gasteiger partial charge in [0.25, 0.3) is 0 Å². The molecule has 19 heteroatoms. The van der Waals surface area contributed by atoms with Gasteiger partial charge in [-0.25, -0.2) is 9.13 Å². The Morgan fingerprint density at radius 1 is 0.286 bits per heavy atom. The van der Waals surface area contributed by atoms with Crippen LogP contribution in [0.4, 0.5) is 0 Å². The van der Waals surface area contributed by atoms with Crippen molar-refractivity contribution in [3.63, 3.8) is 0 Å². The van der Waals surface area contributed by atoms with Crippen LogP contribution in [0.5, 0.6) is 0 Å². The number of allylic oxidation sites excluding steroid dienone is 8. The van der Waals surface area contributed by atoms with Gasteiger partial charge in [-0.05, 0) is 109 Å². The molecule has 0 aromatic heterocycles. The Bertz CT molecular complexity index is 2050. The number of carbonyl (C=O) groups excluding carboxylic acids is 4. The van der Waals surface area contributed by atoms with Gasteiger partial charge in [-0.15, -0.1) is 0 Å². The molecule has 0 fully saturated rings. The van der Waals surface area contributed by atoms with Crippen LogP contribution in [0.2, 0.25) is 0 Å². The van der Waals surface area contributed by atoms with Crippen LogP contribution in [0.3, 0.4) is 0 Å². The number of hydrogen-bond acceptors (Lipinski definition) is 15. The van der Waals surface area contributed by atoms with Crippen molar-refractivity contribution in [3.05, 3.63) is 48.6 Å². The largest absolute Gasteiger partial charge is 0.472 e. The lowest BCUT2D eigenvalue weighted by Crippen LogP contribution is -2.30. The Morgan fingerprint density at radius 3 is 0.786 bits per heavy atom. The molecule has 3 N–H and O–H groups in total. The van der Waals surface area contributed by atoms with Crippen LogP contribution in [0.1, 0.15) is 374 Å². The van der Waals surface area contributed by atoms with Gasteiger partial charge in [-0.2, -0.15) is 0 Å². The molecule has 0 amide bonds. The average molecular weight is 1430 g/mol. The number of phosphoric ester groups is 2. The highest BCUT2D eigenvalue weighted by Crippen LogP contribution is 2.45. The molecular formula is C79H146O17P2. The van der Waals surface area contributed by atoms with Crippen LogP contribution < -0.4 is 0 Å². The van der Waals surface area contributed by atoms with Crippen LogP contribution in [-0.2, 0) is 65.4 Å². The summed E-state index contributed by atoms with van der Waals surface area (Å²) in [6, 6.07) is 0. The van der Waals surface area contributed by atoms with E-state index in [2.05, 4.69) is 76.3 Å². The number of unbranched alkanes of at least 4 members (excludes halogenated alkanes) is 42. The van der Waals surface area contributed by atoms with Gasteiger partial charge in [-0.3, -0.25) is 37.3 Å². The van der Waals surface area contributed by atoms with Crippen molar-refractivity contribution in [1.82, 2.24) is 0 Å². The molecule has 0 aliphatic heterocycles. The highest BCUT2D eigenvalue weighted by atomic mass is 31.2. The van der Waals surface area contributed by atoms with Crippen molar-refractivity contribution in [2.75, 3.05) is 39.6 Å². The third-order valence-electron chi connectivity index (χ3n) is 17.3. The van der Waals surface area contributed by atoms with E-state index in [9.17, 15) is 43.2 Å². The number of ether oxygens (including phenoxy) is 4. The van der Waals surface area contributed by atoms with E-state index in [1.54, 1.807) is 0 Å². The number of hydrogen-bond donors (Lipinski definition) is 3. The summed E-state index contributed by atoms with van der Waals surface area (Å²) in [6.07, 6.45) is 69.4. The zero-order chi connectivity index (χ0) is 71.8. The van der Waals surface area contributed by atoms with Gasteiger partial charge in [-0.1, -0.05) is 288 Å². The Balaban J connectivity index is 5.33. The smallest absolute Gasteiger partial charge is 0.462 e. The molecule has 0 aliphatic carbocycles. The number of rotatable bonds is 76. The lowest BCUT2D eigenvalue weighted by Gasteiger charge is -2.21. The van der Waals surface area contributed by atoms with Crippen molar-refractivity contribution in [3.8, 4) is 0 Å². The topological polar surface area (TPSA) is 237 Å². The molecular weight excluding hydrogens is 1280 g/mol. The standard InChI is InChI=1S/C79H146O17P2/c1-5-9-13-17-21-25-29-33-36-40-43-47-51-55-59-63-76(81)89-69-74(95-78(83)65-61-57-53-49-45-39-32-28-24-20-16-12-8-4)71-93-97(85,86)91-67-73(80)68-92-98(87,88)94-72-75(96-79(84)66-62-58-54-50-46-42-38-35-31-27-23-19-15-11-7-3)70-90-77(82)64-60-56-52-48-44-41-37-34-30-26-22-18-14-10-6-2/h23,27,33-38,73-75,80H,5-22,24-26,28-32,39-72H2,1-4H3,(H,85,86)(H,87,88)/b27-23-,36-33-,37-34-,38-35-/t73-,74+,75+/m0/s1. The zero-order valence-electron chi connectivity index (χ0n) is 62.7. The maximum absolute atomic E-state index is 13.1. The Hall–Kier alpha value is -2.98. The molecule has 0 aromatic carbocycles. The molecule has 5 atom stereocenters. The quantitative estimate of drug-likeness (QED) is 0.0169. The summed E-state index contributed by atoms with van der Waals surface area (Å²) in [4.78, 5) is 72.9. The van der Waals surface area contributed by atoms with Gasteiger partial charge in [0.05, 0.1) is 26.4 Å². The van der Waals surface area contributed by atoms with Crippen molar-refractivity contribution >= 4 is 39.5 Å². The molecule has 0 aliphatic rings.